The van der Waals surface area contributed by atoms with E-state index in [2.05, 4.69) is 147 Å². The molecule has 0 aliphatic rings. The van der Waals surface area contributed by atoms with E-state index in [4.69, 9.17) is 11.0 Å². The lowest BCUT2D eigenvalue weighted by molar-refractivity contribution is 0.673. The average molecular weight is 600 g/mol. The van der Waals surface area contributed by atoms with E-state index in [1.165, 1.54) is 10.8 Å². The third-order valence-electron chi connectivity index (χ3n) is 9.55. The summed E-state index contributed by atoms with van der Waals surface area (Å²) in [6.07, 6.45) is 0. The standard InChI is InChI=1S/C43H25N3O/c1-44-34-26-27(22-24-39(34)45-36-18-8-3-13-29(36)30-14-4-9-19-37(30)45)28-12-2-7-17-35(28)46-38-20-10-5-16-33(38)42-40(46)25-23-32-31-15-6-11-21-41(31)47-43(32)42/h2-26H. The zero-order chi connectivity index (χ0) is 31.1. The summed E-state index contributed by atoms with van der Waals surface area (Å²) in [6.45, 7) is 8.29. The summed E-state index contributed by atoms with van der Waals surface area (Å²) < 4.78 is 11.1. The number of fused-ring (bicyclic) bond motifs is 10. The van der Waals surface area contributed by atoms with E-state index in [0.29, 0.717) is 5.69 Å². The second-order valence-corrected chi connectivity index (χ2v) is 12.0. The van der Waals surface area contributed by atoms with Crippen molar-refractivity contribution in [3.63, 3.8) is 0 Å². The van der Waals surface area contributed by atoms with Crippen LogP contribution in [-0.4, -0.2) is 9.13 Å². The normalized spacial score (nSPS) is 11.8. The fraction of sp³-hybridized carbons (Fsp3) is 0. The summed E-state index contributed by atoms with van der Waals surface area (Å²) in [6, 6.07) is 52.8. The summed E-state index contributed by atoms with van der Waals surface area (Å²) in [7, 11) is 0. The van der Waals surface area contributed by atoms with Gasteiger partial charge in [0.15, 0.2) is 0 Å². The first-order valence-electron chi connectivity index (χ1n) is 15.7. The maximum Gasteiger partial charge on any atom is 0.211 e. The lowest BCUT2D eigenvalue weighted by Gasteiger charge is -2.16. The molecule has 218 valence electrons. The minimum atomic E-state index is 0.606. The third kappa shape index (κ3) is 3.57. The Morgan fingerprint density at radius 3 is 1.81 bits per heavy atom. The maximum absolute atomic E-state index is 8.29. The van der Waals surface area contributed by atoms with Crippen molar-refractivity contribution in [1.29, 1.82) is 0 Å². The van der Waals surface area contributed by atoms with Crippen molar-refractivity contribution in [1.82, 2.24) is 9.13 Å². The first-order chi connectivity index (χ1) is 23.3. The second kappa shape index (κ2) is 9.71. The Labute approximate surface area is 269 Å². The highest BCUT2D eigenvalue weighted by Gasteiger charge is 2.21. The van der Waals surface area contributed by atoms with Gasteiger partial charge in [0.05, 0.1) is 45.4 Å². The lowest BCUT2D eigenvalue weighted by Crippen LogP contribution is -1.98. The summed E-state index contributed by atoms with van der Waals surface area (Å²) in [5, 5.41) is 6.85. The van der Waals surface area contributed by atoms with Crippen molar-refractivity contribution in [3.05, 3.63) is 163 Å². The SMILES string of the molecule is [C-]#[N+]c1cc(-c2ccccc2-n2c3ccccc3c3c4oc5ccccc5c4ccc32)ccc1-n1c2ccccc2c2ccccc21. The van der Waals surface area contributed by atoms with Crippen LogP contribution in [0.15, 0.2) is 156 Å². The third-order valence-corrected chi connectivity index (χ3v) is 9.55. The Morgan fingerprint density at radius 2 is 1.06 bits per heavy atom. The Balaban J connectivity index is 1.22. The van der Waals surface area contributed by atoms with Crippen LogP contribution >= 0.6 is 0 Å². The van der Waals surface area contributed by atoms with Gasteiger partial charge in [-0.1, -0.05) is 97.1 Å². The van der Waals surface area contributed by atoms with Gasteiger partial charge in [0, 0.05) is 32.5 Å². The summed E-state index contributed by atoms with van der Waals surface area (Å²) in [5.74, 6) is 0. The first-order valence-corrected chi connectivity index (χ1v) is 15.7. The monoisotopic (exact) mass is 599 g/mol. The van der Waals surface area contributed by atoms with Gasteiger partial charge >= 0.3 is 0 Å². The van der Waals surface area contributed by atoms with Crippen LogP contribution in [0.25, 0.3) is 92.9 Å². The van der Waals surface area contributed by atoms with E-state index in [1.807, 2.05) is 18.2 Å². The van der Waals surface area contributed by atoms with Gasteiger partial charge in [0.25, 0.3) is 0 Å². The van der Waals surface area contributed by atoms with E-state index in [0.717, 1.165) is 77.3 Å². The number of hydrogen-bond acceptors (Lipinski definition) is 1. The summed E-state index contributed by atoms with van der Waals surface area (Å²) in [5.41, 5.74) is 10.7. The van der Waals surface area contributed by atoms with Gasteiger partial charge in [0.1, 0.15) is 11.2 Å². The molecule has 10 rings (SSSR count). The van der Waals surface area contributed by atoms with Gasteiger partial charge in [-0.2, -0.15) is 0 Å². The number of benzene rings is 7. The van der Waals surface area contributed by atoms with Crippen LogP contribution in [0.3, 0.4) is 0 Å². The molecule has 4 heteroatoms. The molecule has 47 heavy (non-hydrogen) atoms. The molecule has 0 spiro atoms. The predicted molar refractivity (Wildman–Crippen MR) is 194 cm³/mol. The van der Waals surface area contributed by atoms with E-state index in [-0.39, 0.29) is 0 Å². The molecule has 0 unspecified atom stereocenters. The highest BCUT2D eigenvalue weighted by Crippen LogP contribution is 2.43. The van der Waals surface area contributed by atoms with Gasteiger partial charge < -0.3 is 13.6 Å². The molecule has 0 saturated carbocycles. The number of furan rings is 1. The number of rotatable bonds is 3. The van der Waals surface area contributed by atoms with Gasteiger partial charge in [-0.3, -0.25) is 0 Å². The average Bonchev–Trinajstić information content (AvgIpc) is 3.79. The number of aromatic nitrogens is 2. The van der Waals surface area contributed by atoms with Crippen LogP contribution in [0.1, 0.15) is 0 Å². The fourth-order valence-electron chi connectivity index (χ4n) is 7.56. The number of nitrogens with zero attached hydrogens (tertiary/aromatic N) is 3. The van der Waals surface area contributed by atoms with Crippen LogP contribution in [0.2, 0.25) is 0 Å². The van der Waals surface area contributed by atoms with E-state index in [9.17, 15) is 0 Å². The maximum atomic E-state index is 8.29. The molecule has 0 amide bonds. The van der Waals surface area contributed by atoms with Crippen LogP contribution in [0.5, 0.6) is 0 Å². The Morgan fingerprint density at radius 1 is 0.468 bits per heavy atom. The van der Waals surface area contributed by atoms with Crippen molar-refractivity contribution >= 4 is 71.2 Å². The topological polar surface area (TPSA) is 27.4 Å². The van der Waals surface area contributed by atoms with Crippen LogP contribution in [0.4, 0.5) is 5.69 Å². The van der Waals surface area contributed by atoms with E-state index >= 15 is 0 Å². The molecule has 0 atom stereocenters. The van der Waals surface area contributed by atoms with Crippen LogP contribution in [-0.2, 0) is 0 Å². The van der Waals surface area contributed by atoms with Crippen LogP contribution < -0.4 is 0 Å². The molecule has 3 aromatic heterocycles. The van der Waals surface area contributed by atoms with Crippen molar-refractivity contribution in [2.24, 2.45) is 0 Å². The Hall–Kier alpha value is -6.57. The first kappa shape index (κ1) is 25.7. The largest absolute Gasteiger partial charge is 0.455 e. The summed E-state index contributed by atoms with van der Waals surface area (Å²) >= 11 is 0. The van der Waals surface area contributed by atoms with Gasteiger partial charge in [-0.05, 0) is 60.2 Å². The molecule has 0 fully saturated rings. The fourth-order valence-corrected chi connectivity index (χ4v) is 7.56. The predicted octanol–water partition coefficient (Wildman–Crippen LogP) is 12.0. The minimum Gasteiger partial charge on any atom is -0.455 e. The van der Waals surface area contributed by atoms with E-state index in [1.54, 1.807) is 0 Å². The zero-order valence-electron chi connectivity index (χ0n) is 25.2. The quantitative estimate of drug-likeness (QED) is 0.186. The van der Waals surface area contributed by atoms with Gasteiger partial charge in [0.2, 0.25) is 5.69 Å². The molecule has 4 nitrogen and oxygen atoms in total. The van der Waals surface area contributed by atoms with Crippen molar-refractivity contribution in [2.75, 3.05) is 0 Å². The lowest BCUT2D eigenvalue weighted by atomic mass is 10.0. The molecular weight excluding hydrogens is 574 g/mol. The smallest absolute Gasteiger partial charge is 0.211 e. The molecule has 0 aliphatic heterocycles. The zero-order valence-corrected chi connectivity index (χ0v) is 25.2. The molecule has 7 aromatic carbocycles. The second-order valence-electron chi connectivity index (χ2n) is 12.0. The Kier molecular flexibility index (Phi) is 5.32. The van der Waals surface area contributed by atoms with Gasteiger partial charge in [-0.15, -0.1) is 0 Å². The van der Waals surface area contributed by atoms with Crippen LogP contribution in [0, 0.1) is 6.57 Å². The minimum absolute atomic E-state index is 0.606. The highest BCUT2D eigenvalue weighted by atomic mass is 16.3. The number of para-hydroxylation sites is 5. The molecule has 10 aromatic rings. The highest BCUT2D eigenvalue weighted by molar-refractivity contribution is 6.24. The molecule has 0 N–H and O–H groups in total. The molecule has 0 bridgehead atoms. The Bertz CT molecular complexity index is 2880. The van der Waals surface area contributed by atoms with Crippen molar-refractivity contribution in [2.45, 2.75) is 0 Å². The molecule has 3 heterocycles. The molecular formula is C43H25N3O. The molecule has 0 saturated heterocycles. The van der Waals surface area contributed by atoms with Crippen molar-refractivity contribution in [3.8, 4) is 22.5 Å². The van der Waals surface area contributed by atoms with Crippen molar-refractivity contribution < 1.29 is 4.42 Å². The van der Waals surface area contributed by atoms with E-state index < -0.39 is 0 Å². The van der Waals surface area contributed by atoms with Gasteiger partial charge in [-0.25, -0.2) is 4.85 Å². The molecule has 0 aliphatic carbocycles. The summed E-state index contributed by atoms with van der Waals surface area (Å²) in [4.78, 5) is 4.08. The molecule has 0 radical (unpaired) electrons. The number of hydrogen-bond donors (Lipinski definition) is 0.